The number of rotatable bonds is 80. The van der Waals surface area contributed by atoms with E-state index >= 15 is 0 Å². The summed E-state index contributed by atoms with van der Waals surface area (Å²) < 4.78 is 68.7. The summed E-state index contributed by atoms with van der Waals surface area (Å²) in [6.45, 7) is 9.50. The molecular formula is C83H158O17P2. The van der Waals surface area contributed by atoms with Crippen molar-refractivity contribution in [1.82, 2.24) is 0 Å². The van der Waals surface area contributed by atoms with E-state index in [9.17, 15) is 43.2 Å². The number of ether oxygens (including phenoxy) is 4. The lowest BCUT2D eigenvalue weighted by Crippen LogP contribution is -2.30. The van der Waals surface area contributed by atoms with Crippen molar-refractivity contribution in [3.63, 3.8) is 0 Å². The standard InChI is InChI=1S/C83H158O17P2/c1-7-9-11-13-15-17-19-21-23-24-25-26-27-28-29-31-35-40-44-48-56-62-67-82(87)99-78(71-93-80(85)65-59-53-46-42-38-36-32-33-37-41-45-51-57-63-75(3)4)73-97-101(89,90)95-69-77(84)70-96-102(91,92)98-74-79(72-94-81(86)66-60-54-50-49-52-58-64-76(5)6)100-83(88)68-61-55-47-43-39-34-30-22-20-18-16-14-12-10-8-2/h18,20,22,30,75-79,84H,7-17,19,21,23-29,31-74H2,1-6H3,(H,89,90)(H,91,92)/b20-18-,30-22-/t77-,78-,79-/m1/s1. The van der Waals surface area contributed by atoms with Crippen LogP contribution in [0.15, 0.2) is 24.3 Å². The molecule has 17 nitrogen and oxygen atoms in total. The van der Waals surface area contributed by atoms with Crippen LogP contribution < -0.4 is 0 Å². The summed E-state index contributed by atoms with van der Waals surface area (Å²) in [4.78, 5) is 73.0. The van der Waals surface area contributed by atoms with Gasteiger partial charge in [-0.15, -0.1) is 0 Å². The zero-order valence-electron chi connectivity index (χ0n) is 66.4. The van der Waals surface area contributed by atoms with Gasteiger partial charge in [-0.05, 0) is 63.2 Å². The highest BCUT2D eigenvalue weighted by molar-refractivity contribution is 7.47. The molecule has 0 saturated carbocycles. The maximum atomic E-state index is 13.1. The quantitative estimate of drug-likeness (QED) is 0.0169. The van der Waals surface area contributed by atoms with Gasteiger partial charge in [0.25, 0.3) is 0 Å². The SMILES string of the molecule is CCCCCC/C=C\C=C/CCCCCCCC(=O)O[C@H](COC(=O)CCCCCCCCC(C)C)COP(=O)(O)OC[C@H](O)COP(=O)(O)OC[C@@H](COC(=O)CCCCCCCCCCCCCCCC(C)C)OC(=O)CCCCCCCCCCCCCCCCCCCCCCCC. The van der Waals surface area contributed by atoms with Crippen molar-refractivity contribution in [2.24, 2.45) is 11.8 Å². The summed E-state index contributed by atoms with van der Waals surface area (Å²) >= 11 is 0. The molecular weight excluding hydrogens is 1330 g/mol. The molecule has 102 heavy (non-hydrogen) atoms. The maximum absolute atomic E-state index is 13.1. The van der Waals surface area contributed by atoms with Crippen molar-refractivity contribution in [2.45, 2.75) is 432 Å². The van der Waals surface area contributed by atoms with Gasteiger partial charge >= 0.3 is 39.5 Å². The van der Waals surface area contributed by atoms with Crippen LogP contribution in [0.1, 0.15) is 414 Å². The molecule has 0 spiro atoms. The normalized spacial score (nSPS) is 14.0. The van der Waals surface area contributed by atoms with Gasteiger partial charge in [0.2, 0.25) is 0 Å². The number of esters is 4. The lowest BCUT2D eigenvalue weighted by atomic mass is 10.0. The molecule has 0 aromatic heterocycles. The van der Waals surface area contributed by atoms with E-state index in [1.54, 1.807) is 0 Å². The van der Waals surface area contributed by atoms with Crippen molar-refractivity contribution in [2.75, 3.05) is 39.6 Å². The molecule has 0 aromatic rings. The molecule has 3 N–H and O–H groups in total. The second kappa shape index (κ2) is 74.0. The average molecular weight is 1490 g/mol. The third-order valence-electron chi connectivity index (χ3n) is 18.8. The predicted molar refractivity (Wildman–Crippen MR) is 418 cm³/mol. The zero-order chi connectivity index (χ0) is 74.9. The van der Waals surface area contributed by atoms with Gasteiger partial charge in [0.1, 0.15) is 19.3 Å². The largest absolute Gasteiger partial charge is 0.472 e. The second-order valence-corrected chi connectivity index (χ2v) is 33.0. The van der Waals surface area contributed by atoms with Crippen molar-refractivity contribution in [1.29, 1.82) is 0 Å². The molecule has 0 fully saturated rings. The Morgan fingerprint density at radius 1 is 0.304 bits per heavy atom. The number of aliphatic hydroxyl groups is 1. The van der Waals surface area contributed by atoms with Crippen molar-refractivity contribution >= 4 is 39.5 Å². The van der Waals surface area contributed by atoms with Crippen LogP contribution in [0.3, 0.4) is 0 Å². The second-order valence-electron chi connectivity index (χ2n) is 30.1. The van der Waals surface area contributed by atoms with E-state index in [0.29, 0.717) is 31.6 Å². The molecule has 0 saturated heterocycles. The van der Waals surface area contributed by atoms with E-state index in [4.69, 9.17) is 37.0 Å². The van der Waals surface area contributed by atoms with Crippen LogP contribution in [0.5, 0.6) is 0 Å². The summed E-state index contributed by atoms with van der Waals surface area (Å²) in [7, 11) is -9.93. The van der Waals surface area contributed by atoms with Crippen LogP contribution in [0.2, 0.25) is 0 Å². The molecule has 0 heterocycles. The predicted octanol–water partition coefficient (Wildman–Crippen LogP) is 24.6. The van der Waals surface area contributed by atoms with Gasteiger partial charge in [0, 0.05) is 25.7 Å². The molecule has 0 aromatic carbocycles. The Labute approximate surface area is 624 Å². The minimum atomic E-state index is -4.97. The Hall–Kier alpha value is -2.46. The first kappa shape index (κ1) is 99.5. The monoisotopic (exact) mass is 1490 g/mol. The third-order valence-corrected chi connectivity index (χ3v) is 20.7. The molecule has 602 valence electrons. The minimum absolute atomic E-state index is 0.0841. The van der Waals surface area contributed by atoms with Crippen LogP contribution in [-0.4, -0.2) is 96.7 Å². The highest BCUT2D eigenvalue weighted by Crippen LogP contribution is 2.45. The average Bonchev–Trinajstić information content (AvgIpc) is 0.928. The molecule has 0 aliphatic heterocycles. The number of unbranched alkanes of at least 4 members (excludes halogenated alkanes) is 47. The number of carbonyl (C=O) groups is 4. The fraction of sp³-hybridized carbons (Fsp3) is 0.904. The lowest BCUT2D eigenvalue weighted by molar-refractivity contribution is -0.161. The number of carbonyl (C=O) groups excluding carboxylic acids is 4. The fourth-order valence-electron chi connectivity index (χ4n) is 12.3. The summed E-state index contributed by atoms with van der Waals surface area (Å²) in [6.07, 6.45) is 67.7. The molecule has 19 heteroatoms. The first-order chi connectivity index (χ1) is 49.4. The Morgan fingerprint density at radius 3 is 0.804 bits per heavy atom. The molecule has 0 radical (unpaired) electrons. The lowest BCUT2D eigenvalue weighted by Gasteiger charge is -2.21. The van der Waals surface area contributed by atoms with Crippen LogP contribution in [0, 0.1) is 11.8 Å². The Balaban J connectivity index is 5.23. The van der Waals surface area contributed by atoms with Crippen molar-refractivity contribution < 1.29 is 80.2 Å². The summed E-state index contributed by atoms with van der Waals surface area (Å²) in [5, 5.41) is 10.6. The van der Waals surface area contributed by atoms with E-state index < -0.39 is 97.5 Å². The molecule has 0 aliphatic carbocycles. The van der Waals surface area contributed by atoms with Crippen LogP contribution in [0.25, 0.3) is 0 Å². The van der Waals surface area contributed by atoms with E-state index in [2.05, 4.69) is 65.8 Å². The van der Waals surface area contributed by atoms with Gasteiger partial charge in [-0.3, -0.25) is 37.3 Å². The van der Waals surface area contributed by atoms with Crippen molar-refractivity contribution in [3.8, 4) is 0 Å². The number of hydrogen-bond donors (Lipinski definition) is 3. The molecule has 0 bridgehead atoms. The summed E-state index contributed by atoms with van der Waals surface area (Å²) in [5.74, 6) is -0.675. The molecule has 0 rings (SSSR count). The van der Waals surface area contributed by atoms with Crippen molar-refractivity contribution in [3.05, 3.63) is 24.3 Å². The maximum Gasteiger partial charge on any atom is 0.472 e. The Bertz CT molecular complexity index is 2050. The molecule has 5 atom stereocenters. The van der Waals surface area contributed by atoms with Gasteiger partial charge in [0.05, 0.1) is 26.4 Å². The highest BCUT2D eigenvalue weighted by atomic mass is 31.2. The number of allylic oxidation sites excluding steroid dienone is 4. The van der Waals surface area contributed by atoms with Crippen LogP contribution in [0.4, 0.5) is 0 Å². The first-order valence-electron chi connectivity index (χ1n) is 42.3. The fourth-order valence-corrected chi connectivity index (χ4v) is 13.9. The Kier molecular flexibility index (Phi) is 72.2. The van der Waals surface area contributed by atoms with E-state index in [1.165, 1.54) is 212 Å². The number of phosphoric acid groups is 2. The van der Waals surface area contributed by atoms with Gasteiger partial charge in [-0.2, -0.15) is 0 Å². The summed E-state index contributed by atoms with van der Waals surface area (Å²) in [6, 6.07) is 0. The number of aliphatic hydroxyl groups excluding tert-OH is 1. The number of phosphoric ester groups is 2. The smallest absolute Gasteiger partial charge is 0.462 e. The third kappa shape index (κ3) is 75.8. The van der Waals surface area contributed by atoms with E-state index in [0.717, 1.165) is 115 Å². The van der Waals surface area contributed by atoms with Gasteiger partial charge in [-0.25, -0.2) is 9.13 Å². The zero-order valence-corrected chi connectivity index (χ0v) is 68.2. The Morgan fingerprint density at radius 2 is 0.529 bits per heavy atom. The molecule has 2 unspecified atom stereocenters. The first-order valence-corrected chi connectivity index (χ1v) is 45.3. The van der Waals surface area contributed by atoms with E-state index in [-0.39, 0.29) is 25.7 Å². The van der Waals surface area contributed by atoms with E-state index in [1.807, 2.05) is 0 Å². The minimum Gasteiger partial charge on any atom is -0.462 e. The topological polar surface area (TPSA) is 237 Å². The van der Waals surface area contributed by atoms with Gasteiger partial charge < -0.3 is 33.8 Å². The highest BCUT2D eigenvalue weighted by Gasteiger charge is 2.30. The van der Waals surface area contributed by atoms with Crippen LogP contribution >= 0.6 is 15.6 Å². The number of hydrogen-bond acceptors (Lipinski definition) is 15. The van der Waals surface area contributed by atoms with Gasteiger partial charge in [-0.1, -0.05) is 361 Å². The molecule has 0 aliphatic rings. The van der Waals surface area contributed by atoms with Gasteiger partial charge in [0.15, 0.2) is 12.2 Å². The summed E-state index contributed by atoms with van der Waals surface area (Å²) in [5.41, 5.74) is 0. The molecule has 0 amide bonds. The van der Waals surface area contributed by atoms with Crippen LogP contribution in [-0.2, 0) is 65.4 Å².